The van der Waals surface area contributed by atoms with E-state index in [0.29, 0.717) is 18.4 Å². The first-order valence-corrected chi connectivity index (χ1v) is 8.01. The maximum atomic E-state index is 5.94. The molecule has 1 heteroatoms. The molecule has 0 N–H and O–H groups in total. The van der Waals surface area contributed by atoms with E-state index in [1.54, 1.807) is 0 Å². The van der Waals surface area contributed by atoms with Gasteiger partial charge in [-0.15, -0.1) is 0 Å². The van der Waals surface area contributed by atoms with Gasteiger partial charge in [-0.1, -0.05) is 69.7 Å². The third kappa shape index (κ3) is 4.35. The summed E-state index contributed by atoms with van der Waals surface area (Å²) in [4.78, 5) is 0. The van der Waals surface area contributed by atoms with Gasteiger partial charge < -0.3 is 4.74 Å². The van der Waals surface area contributed by atoms with Crippen molar-refractivity contribution < 1.29 is 4.74 Å². The normalized spacial score (nSPS) is 13.7. The van der Waals surface area contributed by atoms with E-state index in [9.17, 15) is 0 Å². The van der Waals surface area contributed by atoms with Crippen LogP contribution in [0.25, 0.3) is 0 Å². The predicted molar refractivity (Wildman–Crippen MR) is 89.7 cm³/mol. The number of rotatable bonds is 7. The van der Waals surface area contributed by atoms with E-state index in [4.69, 9.17) is 4.74 Å². The molecular weight excluding hydrogens is 256 g/mol. The molecule has 0 aromatic heterocycles. The van der Waals surface area contributed by atoms with E-state index in [2.05, 4.69) is 57.2 Å². The molecule has 0 saturated heterocycles. The minimum absolute atomic E-state index is 0.621. The summed E-state index contributed by atoms with van der Waals surface area (Å²) < 4.78 is 5.94. The predicted octanol–water partition coefficient (Wildman–Crippen LogP) is 5.81. The first kappa shape index (κ1) is 15.6. The zero-order chi connectivity index (χ0) is 15.1. The van der Waals surface area contributed by atoms with Crippen LogP contribution in [0.5, 0.6) is 5.75 Å². The van der Waals surface area contributed by atoms with Gasteiger partial charge in [0.15, 0.2) is 0 Å². The average Bonchev–Trinajstić information content (AvgIpc) is 2.55. The van der Waals surface area contributed by atoms with E-state index in [1.807, 2.05) is 18.2 Å². The monoisotopic (exact) mass is 282 g/mol. The average molecular weight is 282 g/mol. The summed E-state index contributed by atoms with van der Waals surface area (Å²) in [5.74, 6) is 2.30. The summed E-state index contributed by atoms with van der Waals surface area (Å²) in [7, 11) is 0. The zero-order valence-corrected chi connectivity index (χ0v) is 13.4. The van der Waals surface area contributed by atoms with Crippen molar-refractivity contribution in [1.29, 1.82) is 0 Å². The van der Waals surface area contributed by atoms with E-state index >= 15 is 0 Å². The van der Waals surface area contributed by atoms with E-state index in [0.717, 1.165) is 5.75 Å². The van der Waals surface area contributed by atoms with Crippen molar-refractivity contribution in [3.63, 3.8) is 0 Å². The number of hydrogen-bond donors (Lipinski definition) is 0. The van der Waals surface area contributed by atoms with Crippen LogP contribution < -0.4 is 4.74 Å². The summed E-state index contributed by atoms with van der Waals surface area (Å²) in [5, 5.41) is 0. The topological polar surface area (TPSA) is 9.23 Å². The quantitative estimate of drug-likeness (QED) is 0.623. The van der Waals surface area contributed by atoms with Crippen molar-refractivity contribution in [2.45, 2.75) is 46.1 Å². The highest BCUT2D eigenvalue weighted by Gasteiger charge is 2.16. The molecule has 0 heterocycles. The minimum atomic E-state index is 0.621. The SMILES string of the molecule is CCC(C)C(CC)c1cccc(OCc2ccccc2)c1. The molecule has 2 aromatic rings. The molecule has 0 spiro atoms. The molecule has 0 radical (unpaired) electrons. The lowest BCUT2D eigenvalue weighted by atomic mass is 9.84. The Labute approximate surface area is 129 Å². The van der Waals surface area contributed by atoms with Crippen LogP contribution in [0.15, 0.2) is 54.6 Å². The molecular formula is C20H26O. The molecule has 21 heavy (non-hydrogen) atoms. The molecule has 2 unspecified atom stereocenters. The van der Waals surface area contributed by atoms with Gasteiger partial charge in [0.25, 0.3) is 0 Å². The van der Waals surface area contributed by atoms with Crippen LogP contribution in [0, 0.1) is 5.92 Å². The fourth-order valence-electron chi connectivity index (χ4n) is 2.83. The lowest BCUT2D eigenvalue weighted by Gasteiger charge is -2.22. The van der Waals surface area contributed by atoms with Gasteiger partial charge in [-0.2, -0.15) is 0 Å². The summed E-state index contributed by atoms with van der Waals surface area (Å²) >= 11 is 0. The van der Waals surface area contributed by atoms with E-state index in [-0.39, 0.29) is 0 Å². The highest BCUT2D eigenvalue weighted by atomic mass is 16.5. The van der Waals surface area contributed by atoms with Crippen LogP contribution in [-0.2, 0) is 6.61 Å². The Kier molecular flexibility index (Phi) is 5.86. The summed E-state index contributed by atoms with van der Waals surface area (Å²) in [6.45, 7) is 7.51. The van der Waals surface area contributed by atoms with Gasteiger partial charge >= 0.3 is 0 Å². The van der Waals surface area contributed by atoms with Crippen LogP contribution in [0.4, 0.5) is 0 Å². The molecule has 2 atom stereocenters. The fraction of sp³-hybridized carbons (Fsp3) is 0.400. The Morgan fingerprint density at radius 1 is 0.905 bits per heavy atom. The zero-order valence-electron chi connectivity index (χ0n) is 13.4. The highest BCUT2D eigenvalue weighted by Crippen LogP contribution is 2.31. The van der Waals surface area contributed by atoms with Crippen molar-refractivity contribution in [1.82, 2.24) is 0 Å². The Hall–Kier alpha value is -1.76. The van der Waals surface area contributed by atoms with Crippen molar-refractivity contribution >= 4 is 0 Å². The molecule has 1 nitrogen and oxygen atoms in total. The maximum absolute atomic E-state index is 5.94. The third-order valence-electron chi connectivity index (χ3n) is 4.31. The third-order valence-corrected chi connectivity index (χ3v) is 4.31. The van der Waals surface area contributed by atoms with E-state index in [1.165, 1.54) is 24.0 Å². The van der Waals surface area contributed by atoms with Crippen LogP contribution in [-0.4, -0.2) is 0 Å². The van der Waals surface area contributed by atoms with Gasteiger partial charge in [0.2, 0.25) is 0 Å². The first-order chi connectivity index (χ1) is 10.2. The molecule has 2 rings (SSSR count). The van der Waals surface area contributed by atoms with Crippen molar-refractivity contribution in [3.05, 3.63) is 65.7 Å². The number of ether oxygens (including phenoxy) is 1. The second kappa shape index (κ2) is 7.87. The van der Waals surface area contributed by atoms with Gasteiger partial charge in [0.05, 0.1) is 0 Å². The molecule has 0 aliphatic carbocycles. The minimum Gasteiger partial charge on any atom is -0.489 e. The molecule has 0 fully saturated rings. The Bertz CT molecular complexity index is 533. The Morgan fingerprint density at radius 3 is 2.33 bits per heavy atom. The van der Waals surface area contributed by atoms with Crippen LogP contribution in [0.2, 0.25) is 0 Å². The van der Waals surface area contributed by atoms with E-state index < -0.39 is 0 Å². The first-order valence-electron chi connectivity index (χ1n) is 8.01. The second-order valence-corrected chi connectivity index (χ2v) is 5.75. The molecule has 0 amide bonds. The molecule has 0 aliphatic rings. The van der Waals surface area contributed by atoms with Crippen molar-refractivity contribution in [3.8, 4) is 5.75 Å². The summed E-state index contributed by atoms with van der Waals surface area (Å²) in [6.07, 6.45) is 2.39. The fourth-order valence-corrected chi connectivity index (χ4v) is 2.83. The smallest absolute Gasteiger partial charge is 0.120 e. The molecule has 2 aromatic carbocycles. The van der Waals surface area contributed by atoms with Gasteiger partial charge in [-0.25, -0.2) is 0 Å². The molecule has 0 aliphatic heterocycles. The highest BCUT2D eigenvalue weighted by molar-refractivity contribution is 5.31. The van der Waals surface area contributed by atoms with Gasteiger partial charge in [-0.05, 0) is 41.5 Å². The van der Waals surface area contributed by atoms with Crippen LogP contribution >= 0.6 is 0 Å². The summed E-state index contributed by atoms with van der Waals surface area (Å²) in [5.41, 5.74) is 2.61. The lowest BCUT2D eigenvalue weighted by Crippen LogP contribution is -2.08. The lowest BCUT2D eigenvalue weighted by molar-refractivity contribution is 0.305. The Balaban J connectivity index is 2.06. The van der Waals surface area contributed by atoms with Gasteiger partial charge in [-0.3, -0.25) is 0 Å². The number of hydrogen-bond acceptors (Lipinski definition) is 1. The Morgan fingerprint density at radius 2 is 1.67 bits per heavy atom. The second-order valence-electron chi connectivity index (χ2n) is 5.75. The summed E-state index contributed by atoms with van der Waals surface area (Å²) in [6, 6.07) is 18.9. The maximum Gasteiger partial charge on any atom is 0.120 e. The van der Waals surface area contributed by atoms with Crippen molar-refractivity contribution in [2.75, 3.05) is 0 Å². The number of benzene rings is 2. The van der Waals surface area contributed by atoms with Gasteiger partial charge in [0, 0.05) is 0 Å². The van der Waals surface area contributed by atoms with Crippen molar-refractivity contribution in [2.24, 2.45) is 5.92 Å². The standard InChI is InChI=1S/C20H26O/c1-4-16(3)20(5-2)18-12-9-13-19(14-18)21-15-17-10-7-6-8-11-17/h6-14,16,20H,4-5,15H2,1-3H3. The van der Waals surface area contributed by atoms with Gasteiger partial charge in [0.1, 0.15) is 12.4 Å². The largest absolute Gasteiger partial charge is 0.489 e. The molecule has 0 bridgehead atoms. The molecule has 112 valence electrons. The molecule has 0 saturated carbocycles. The van der Waals surface area contributed by atoms with Crippen LogP contribution in [0.1, 0.15) is 50.7 Å². The van der Waals surface area contributed by atoms with Crippen LogP contribution in [0.3, 0.4) is 0 Å².